The first-order chi connectivity index (χ1) is 14.6. The number of allylic oxidation sites excluding steroid dienone is 1. The van der Waals surface area contributed by atoms with E-state index in [1.54, 1.807) is 0 Å². The van der Waals surface area contributed by atoms with E-state index in [0.29, 0.717) is 30.0 Å². The molecule has 0 N–H and O–H groups in total. The third-order valence-electron chi connectivity index (χ3n) is 9.05. The number of hydrogen-bond donors (Lipinski definition) is 0. The number of fused-ring (bicyclic) bond motifs is 5. The van der Waals surface area contributed by atoms with Crippen LogP contribution in [0.5, 0.6) is 0 Å². The highest BCUT2D eigenvalue weighted by Gasteiger charge is 2.59. The summed E-state index contributed by atoms with van der Waals surface area (Å²) in [5, 5.41) is 0. The summed E-state index contributed by atoms with van der Waals surface area (Å²) in [5.74, 6) is 1.55. The summed E-state index contributed by atoms with van der Waals surface area (Å²) in [6.45, 7) is 8.33. The van der Waals surface area contributed by atoms with Gasteiger partial charge in [0, 0.05) is 11.8 Å². The Labute approximate surface area is 186 Å². The maximum atomic E-state index is 12.5. The van der Waals surface area contributed by atoms with Gasteiger partial charge in [-0.1, -0.05) is 19.4 Å². The molecule has 0 spiro atoms. The maximum Gasteiger partial charge on any atom is 0.306 e. The number of carbonyl (C=O) groups excluding carboxylic acids is 3. The van der Waals surface area contributed by atoms with Crippen LogP contribution >= 0.6 is 0 Å². The van der Waals surface area contributed by atoms with Gasteiger partial charge in [-0.3, -0.25) is 14.4 Å². The molecule has 6 atom stereocenters. The lowest BCUT2D eigenvalue weighted by molar-refractivity contribution is -0.162. The molecule has 0 amide bonds. The van der Waals surface area contributed by atoms with Crippen molar-refractivity contribution in [1.29, 1.82) is 0 Å². The van der Waals surface area contributed by atoms with E-state index < -0.39 is 0 Å². The van der Waals surface area contributed by atoms with E-state index in [9.17, 15) is 14.4 Å². The minimum Gasteiger partial charge on any atom is -0.463 e. The van der Waals surface area contributed by atoms with Crippen LogP contribution in [0.4, 0.5) is 0 Å². The predicted molar refractivity (Wildman–Crippen MR) is 117 cm³/mol. The molecule has 0 radical (unpaired) electrons. The molecule has 3 saturated carbocycles. The summed E-state index contributed by atoms with van der Waals surface area (Å²) in [4.78, 5) is 36.2. The Balaban J connectivity index is 1.40. The van der Waals surface area contributed by atoms with Crippen molar-refractivity contribution < 1.29 is 23.9 Å². The molecule has 31 heavy (non-hydrogen) atoms. The Hall–Kier alpha value is -1.65. The average molecular weight is 431 g/mol. The van der Waals surface area contributed by atoms with Gasteiger partial charge >= 0.3 is 11.9 Å². The van der Waals surface area contributed by atoms with Crippen LogP contribution in [-0.4, -0.2) is 29.9 Å². The Kier molecular flexibility index (Phi) is 6.08. The minimum absolute atomic E-state index is 0.0251. The second-order valence-corrected chi connectivity index (χ2v) is 11.1. The summed E-state index contributed by atoms with van der Waals surface area (Å²) in [5.41, 5.74) is 1.59. The summed E-state index contributed by atoms with van der Waals surface area (Å²) in [6.07, 6.45) is 10.0. The lowest BCUT2D eigenvalue weighted by atomic mass is 9.47. The second-order valence-electron chi connectivity index (χ2n) is 11.1. The molecule has 3 fully saturated rings. The van der Waals surface area contributed by atoms with Gasteiger partial charge in [0.25, 0.3) is 0 Å². The van der Waals surface area contributed by atoms with Gasteiger partial charge in [0.05, 0.1) is 18.9 Å². The molecule has 4 aliphatic rings. The zero-order valence-corrected chi connectivity index (χ0v) is 19.6. The molecule has 0 aromatic carbocycles. The van der Waals surface area contributed by atoms with Gasteiger partial charge in [-0.25, -0.2) is 0 Å². The monoisotopic (exact) mass is 430 g/mol. The largest absolute Gasteiger partial charge is 0.463 e. The zero-order valence-electron chi connectivity index (χ0n) is 19.6. The van der Waals surface area contributed by atoms with Crippen LogP contribution < -0.4 is 0 Å². The first-order valence-electron chi connectivity index (χ1n) is 12.3. The Morgan fingerprint density at radius 1 is 1.00 bits per heavy atom. The van der Waals surface area contributed by atoms with E-state index in [1.807, 2.05) is 19.9 Å². The van der Waals surface area contributed by atoms with Crippen LogP contribution in [0.1, 0.15) is 91.9 Å². The molecule has 0 saturated heterocycles. The van der Waals surface area contributed by atoms with Crippen LogP contribution in [0.25, 0.3) is 0 Å². The lowest BCUT2D eigenvalue weighted by Gasteiger charge is -2.57. The second kappa shape index (κ2) is 8.37. The van der Waals surface area contributed by atoms with Crippen molar-refractivity contribution in [3.63, 3.8) is 0 Å². The van der Waals surface area contributed by atoms with E-state index >= 15 is 0 Å². The molecule has 5 heteroatoms. The van der Waals surface area contributed by atoms with E-state index in [2.05, 4.69) is 13.8 Å². The van der Waals surface area contributed by atoms with Gasteiger partial charge in [-0.15, -0.1) is 0 Å². The van der Waals surface area contributed by atoms with Crippen molar-refractivity contribution in [2.45, 2.75) is 104 Å². The maximum absolute atomic E-state index is 12.5. The van der Waals surface area contributed by atoms with Crippen LogP contribution in [-0.2, 0) is 23.9 Å². The van der Waals surface area contributed by atoms with Crippen LogP contribution in [0.15, 0.2) is 11.6 Å². The highest BCUT2D eigenvalue weighted by molar-refractivity contribution is 5.91. The zero-order chi connectivity index (χ0) is 22.4. The number of ketones is 1. The van der Waals surface area contributed by atoms with Crippen molar-refractivity contribution in [3.05, 3.63) is 11.6 Å². The van der Waals surface area contributed by atoms with Crippen molar-refractivity contribution >= 4 is 17.7 Å². The van der Waals surface area contributed by atoms with Gasteiger partial charge in [0.1, 0.15) is 6.10 Å². The van der Waals surface area contributed by atoms with Crippen molar-refractivity contribution in [3.8, 4) is 0 Å². The molecule has 0 aromatic rings. The molecular weight excluding hydrogens is 392 g/mol. The Morgan fingerprint density at radius 2 is 1.74 bits per heavy atom. The van der Waals surface area contributed by atoms with Crippen molar-refractivity contribution in [2.24, 2.45) is 28.6 Å². The lowest BCUT2D eigenvalue weighted by Crippen LogP contribution is -2.51. The number of esters is 2. The molecule has 4 aliphatic carbocycles. The summed E-state index contributed by atoms with van der Waals surface area (Å²) >= 11 is 0. The van der Waals surface area contributed by atoms with Crippen LogP contribution in [0.3, 0.4) is 0 Å². The quantitative estimate of drug-likeness (QED) is 0.563. The predicted octanol–water partition coefficient (Wildman–Crippen LogP) is 5.16. The number of hydrogen-bond acceptors (Lipinski definition) is 5. The molecule has 0 heterocycles. The highest BCUT2D eigenvalue weighted by Crippen LogP contribution is 2.65. The van der Waals surface area contributed by atoms with E-state index in [-0.39, 0.29) is 47.8 Å². The summed E-state index contributed by atoms with van der Waals surface area (Å²) in [7, 11) is 0. The van der Waals surface area contributed by atoms with E-state index in [4.69, 9.17) is 9.47 Å². The van der Waals surface area contributed by atoms with Crippen molar-refractivity contribution in [1.82, 2.24) is 0 Å². The fraction of sp³-hybridized carbons (Fsp3) is 0.808. The summed E-state index contributed by atoms with van der Waals surface area (Å²) < 4.78 is 11.1. The topological polar surface area (TPSA) is 69.7 Å². The molecule has 172 valence electrons. The molecule has 5 nitrogen and oxygen atoms in total. The number of rotatable bonds is 5. The SMILES string of the molecule is CC(C)OC(=O)CCC(=O)O[C@H]1CC[C@H]2[C@@H]3CCC4=CC(=O)CC[C@]4(C)[C@H]3CC[C@]12C. The van der Waals surface area contributed by atoms with Gasteiger partial charge in [-0.2, -0.15) is 0 Å². The standard InChI is InChI=1S/C26H38O5/c1-16(2)30-23(28)9-10-24(29)31-22-8-7-20-19-6-5-17-15-18(27)11-13-25(17,3)21(19)12-14-26(20,22)4/h15-16,19-22H,5-14H2,1-4H3/t19-,20-,21-,22-,25-,26-/m0/s1. The molecular formula is C26H38O5. The van der Waals surface area contributed by atoms with Gasteiger partial charge in [-0.05, 0) is 88.0 Å². The van der Waals surface area contributed by atoms with E-state index in [0.717, 1.165) is 44.9 Å². The van der Waals surface area contributed by atoms with E-state index in [1.165, 1.54) is 5.57 Å². The van der Waals surface area contributed by atoms with Gasteiger partial charge < -0.3 is 9.47 Å². The smallest absolute Gasteiger partial charge is 0.306 e. The Morgan fingerprint density at radius 3 is 2.48 bits per heavy atom. The van der Waals surface area contributed by atoms with Crippen molar-refractivity contribution in [2.75, 3.05) is 0 Å². The third-order valence-corrected chi connectivity index (χ3v) is 9.05. The molecule has 0 aliphatic heterocycles. The van der Waals surface area contributed by atoms with Crippen LogP contribution in [0.2, 0.25) is 0 Å². The van der Waals surface area contributed by atoms with Gasteiger partial charge in [0.15, 0.2) is 5.78 Å². The molecule has 0 aromatic heterocycles. The molecule has 4 rings (SSSR count). The molecule has 0 bridgehead atoms. The first-order valence-corrected chi connectivity index (χ1v) is 12.3. The third kappa shape index (κ3) is 4.09. The van der Waals surface area contributed by atoms with Crippen LogP contribution in [0, 0.1) is 28.6 Å². The minimum atomic E-state index is -0.340. The summed E-state index contributed by atoms with van der Waals surface area (Å²) in [6, 6.07) is 0. The normalized spacial score (nSPS) is 39.3. The molecule has 0 unspecified atom stereocenters. The van der Waals surface area contributed by atoms with Gasteiger partial charge in [0.2, 0.25) is 0 Å². The highest BCUT2D eigenvalue weighted by atomic mass is 16.6. The first kappa shape index (κ1) is 22.5. The Bertz CT molecular complexity index is 783. The average Bonchev–Trinajstić information content (AvgIpc) is 3.03. The fourth-order valence-electron chi connectivity index (χ4n) is 7.45. The number of ether oxygens (including phenoxy) is 2. The fourth-order valence-corrected chi connectivity index (χ4v) is 7.45. The number of carbonyl (C=O) groups is 3.